The maximum atomic E-state index is 14.7. The van der Waals surface area contributed by atoms with Crippen molar-refractivity contribution >= 4 is 29.9 Å². The number of benzene rings is 1. The number of rotatable bonds is 9. The Morgan fingerprint density at radius 3 is 2.16 bits per heavy atom. The average molecular weight is 643 g/mol. The SMILES string of the molecule is C=N/C=C(\C(C)=N/CNc1cc(F)c(C(=O)NC2CCN(CC)CC2)cc1OC)C(F)(F)F.CC1CCCCC1.CNC(C)=O. The molecule has 3 rings (SSSR count). The van der Waals surface area contributed by atoms with Gasteiger partial charge >= 0.3 is 6.18 Å². The first-order chi connectivity index (χ1) is 21.3. The summed E-state index contributed by atoms with van der Waals surface area (Å²) in [6, 6.07) is 2.28. The van der Waals surface area contributed by atoms with Crippen molar-refractivity contribution in [3.05, 3.63) is 35.3 Å². The summed E-state index contributed by atoms with van der Waals surface area (Å²) < 4.78 is 59.0. The van der Waals surface area contributed by atoms with Gasteiger partial charge in [0, 0.05) is 51.1 Å². The predicted molar refractivity (Wildman–Crippen MR) is 173 cm³/mol. The average Bonchev–Trinajstić information content (AvgIpc) is 3.00. The topological polar surface area (TPSA) is 107 Å². The third-order valence-electron chi connectivity index (χ3n) is 7.65. The highest BCUT2D eigenvalue weighted by Crippen LogP contribution is 2.29. The van der Waals surface area contributed by atoms with E-state index < -0.39 is 23.5 Å². The number of carbonyl (C=O) groups is 2. The zero-order valence-corrected chi connectivity index (χ0v) is 27.5. The van der Waals surface area contributed by atoms with Crippen molar-refractivity contribution in [1.82, 2.24) is 15.5 Å². The van der Waals surface area contributed by atoms with E-state index in [0.29, 0.717) is 6.20 Å². The van der Waals surface area contributed by atoms with Gasteiger partial charge in [0.1, 0.15) is 18.2 Å². The molecule has 0 bridgehead atoms. The molecule has 2 aliphatic rings. The Hall–Kier alpha value is -3.48. The van der Waals surface area contributed by atoms with Crippen molar-refractivity contribution < 1.29 is 31.9 Å². The minimum atomic E-state index is -4.64. The number of aliphatic imine (C=N–C) groups is 2. The van der Waals surface area contributed by atoms with Gasteiger partial charge in [0.05, 0.1) is 23.9 Å². The van der Waals surface area contributed by atoms with Crippen LogP contribution in [0.3, 0.4) is 0 Å². The molecule has 1 aromatic rings. The summed E-state index contributed by atoms with van der Waals surface area (Å²) in [5.41, 5.74) is -1.37. The number of amides is 2. The molecule has 0 atom stereocenters. The standard InChI is InChI=1S/C22H29F4N5O2.C7H14.C3H7NO/c1-5-31-8-6-15(7-9-31)30-21(32)16-10-20(33-4)19(11-18(16)23)29-13-28-14(2)17(12-27-3)22(24,25)26;1-7-5-3-2-4-6-7;1-3(5)4-2/h10-12,15,29H,3,5-9,13H2,1-2,4H3,(H,30,32);7H,2-6H2,1H3;1-2H3,(H,4,5)/b17-12+,28-14-;;. The Bertz CT molecular complexity index is 1140. The van der Waals surface area contributed by atoms with Crippen LogP contribution in [0.5, 0.6) is 5.75 Å². The molecule has 1 heterocycles. The van der Waals surface area contributed by atoms with Crippen LogP contribution in [0, 0.1) is 11.7 Å². The second kappa shape index (κ2) is 20.5. The van der Waals surface area contributed by atoms with Crippen molar-refractivity contribution in [2.45, 2.75) is 84.9 Å². The molecule has 2 amide bonds. The molecular formula is C32H50F4N6O3. The number of nitrogens with zero attached hydrogens (tertiary/aromatic N) is 3. The lowest BCUT2D eigenvalue weighted by Gasteiger charge is -2.31. The van der Waals surface area contributed by atoms with Gasteiger partial charge in [0.15, 0.2) is 0 Å². The van der Waals surface area contributed by atoms with Crippen LogP contribution >= 0.6 is 0 Å². The largest absolute Gasteiger partial charge is 0.495 e. The summed E-state index contributed by atoms with van der Waals surface area (Å²) in [7, 11) is 2.94. The van der Waals surface area contributed by atoms with Gasteiger partial charge in [-0.2, -0.15) is 13.2 Å². The normalized spacial score (nSPS) is 16.8. The highest BCUT2D eigenvalue weighted by molar-refractivity contribution is 5.99. The number of carbonyl (C=O) groups excluding carboxylic acids is 2. The molecular weight excluding hydrogens is 592 g/mol. The fourth-order valence-electron chi connectivity index (χ4n) is 4.79. The molecule has 1 saturated heterocycles. The molecule has 9 nitrogen and oxygen atoms in total. The van der Waals surface area contributed by atoms with E-state index in [0.717, 1.165) is 44.5 Å². The van der Waals surface area contributed by atoms with Gasteiger partial charge in [-0.3, -0.25) is 19.6 Å². The smallest absolute Gasteiger partial charge is 0.419 e. The second-order valence-electron chi connectivity index (χ2n) is 11.1. The number of likely N-dealkylation sites (tertiary alicyclic amines) is 1. The minimum absolute atomic E-state index is 0.00463. The first-order valence-corrected chi connectivity index (χ1v) is 15.3. The fraction of sp³-hybridized carbons (Fsp3) is 0.625. The van der Waals surface area contributed by atoms with Crippen LogP contribution in [0.2, 0.25) is 0 Å². The van der Waals surface area contributed by atoms with Crippen LogP contribution in [-0.2, 0) is 4.79 Å². The van der Waals surface area contributed by atoms with E-state index in [2.05, 4.69) is 51.4 Å². The fourth-order valence-corrected chi connectivity index (χ4v) is 4.79. The van der Waals surface area contributed by atoms with E-state index in [9.17, 15) is 27.2 Å². The number of anilines is 1. The first-order valence-electron chi connectivity index (χ1n) is 15.3. The van der Waals surface area contributed by atoms with Crippen molar-refractivity contribution in [3.8, 4) is 5.75 Å². The molecule has 0 radical (unpaired) electrons. The van der Waals surface area contributed by atoms with Gasteiger partial charge in [-0.1, -0.05) is 46.0 Å². The molecule has 45 heavy (non-hydrogen) atoms. The van der Waals surface area contributed by atoms with E-state index in [1.807, 2.05) is 0 Å². The van der Waals surface area contributed by atoms with Crippen molar-refractivity contribution in [2.75, 3.05) is 45.8 Å². The molecule has 0 unspecified atom stereocenters. The maximum Gasteiger partial charge on any atom is 0.419 e. The zero-order valence-electron chi connectivity index (χ0n) is 27.5. The number of halogens is 4. The number of hydrogen-bond donors (Lipinski definition) is 3. The van der Waals surface area contributed by atoms with Crippen LogP contribution in [0.4, 0.5) is 23.2 Å². The molecule has 13 heteroatoms. The van der Waals surface area contributed by atoms with Gasteiger partial charge in [0.25, 0.3) is 5.91 Å². The molecule has 254 valence electrons. The van der Waals surface area contributed by atoms with Gasteiger partial charge < -0.3 is 25.6 Å². The van der Waals surface area contributed by atoms with E-state index in [4.69, 9.17) is 4.74 Å². The molecule has 1 aromatic carbocycles. The number of hydrogen-bond acceptors (Lipinski definition) is 7. The van der Waals surface area contributed by atoms with Crippen molar-refractivity contribution in [3.63, 3.8) is 0 Å². The Morgan fingerprint density at radius 2 is 1.71 bits per heavy atom. The zero-order chi connectivity index (χ0) is 34.0. The molecule has 3 N–H and O–H groups in total. The second-order valence-corrected chi connectivity index (χ2v) is 11.1. The number of ether oxygens (including phenoxy) is 1. The Balaban J connectivity index is 0.000000701. The Labute approximate surface area is 265 Å². The predicted octanol–water partition coefficient (Wildman–Crippen LogP) is 6.36. The lowest BCUT2D eigenvalue weighted by atomic mass is 9.91. The monoisotopic (exact) mass is 642 g/mol. The maximum absolute atomic E-state index is 14.7. The van der Waals surface area contributed by atoms with Crippen molar-refractivity contribution in [2.24, 2.45) is 15.9 Å². The third kappa shape index (κ3) is 14.9. The molecule has 1 aliphatic carbocycles. The van der Waals surface area contributed by atoms with Gasteiger partial charge in [0.2, 0.25) is 5.91 Å². The Morgan fingerprint density at radius 1 is 1.11 bits per heavy atom. The van der Waals surface area contributed by atoms with E-state index in [-0.39, 0.29) is 41.3 Å². The Kier molecular flexibility index (Phi) is 18.0. The lowest BCUT2D eigenvalue weighted by molar-refractivity contribution is -0.118. The number of alkyl halides is 3. The molecule has 0 aromatic heterocycles. The van der Waals surface area contributed by atoms with Crippen LogP contribution in [0.25, 0.3) is 0 Å². The number of methoxy groups -OCH3 is 1. The summed E-state index contributed by atoms with van der Waals surface area (Å²) in [5.74, 6) is -0.124. The summed E-state index contributed by atoms with van der Waals surface area (Å²) in [6.07, 6.45) is 4.95. The highest BCUT2D eigenvalue weighted by Gasteiger charge is 2.35. The summed E-state index contributed by atoms with van der Waals surface area (Å²) >= 11 is 0. The molecule has 1 aliphatic heterocycles. The van der Waals surface area contributed by atoms with Crippen molar-refractivity contribution in [1.29, 1.82) is 0 Å². The van der Waals surface area contributed by atoms with Crippen LogP contribution in [0.15, 0.2) is 33.9 Å². The summed E-state index contributed by atoms with van der Waals surface area (Å²) in [4.78, 5) is 31.6. The first kappa shape index (κ1) is 39.5. The van der Waals surface area contributed by atoms with Crippen LogP contribution < -0.4 is 20.7 Å². The van der Waals surface area contributed by atoms with E-state index in [1.54, 1.807) is 7.05 Å². The van der Waals surface area contributed by atoms with E-state index >= 15 is 0 Å². The molecule has 1 saturated carbocycles. The summed E-state index contributed by atoms with van der Waals surface area (Å²) in [6.45, 7) is 12.5. The highest BCUT2D eigenvalue weighted by atomic mass is 19.4. The molecule has 0 spiro atoms. The van der Waals surface area contributed by atoms with Crippen LogP contribution in [0.1, 0.15) is 83.0 Å². The number of piperidine rings is 1. The third-order valence-corrected chi connectivity index (χ3v) is 7.65. The van der Waals surface area contributed by atoms with Gasteiger partial charge in [-0.05, 0) is 45.0 Å². The quantitative estimate of drug-likeness (QED) is 0.215. The summed E-state index contributed by atoms with van der Waals surface area (Å²) in [5, 5.41) is 7.96. The number of allylic oxidation sites excluding steroid dienone is 1. The van der Waals surface area contributed by atoms with Gasteiger partial charge in [-0.15, -0.1) is 0 Å². The minimum Gasteiger partial charge on any atom is -0.495 e. The molecule has 2 fully saturated rings. The van der Waals surface area contributed by atoms with E-state index in [1.165, 1.54) is 59.1 Å². The lowest BCUT2D eigenvalue weighted by Crippen LogP contribution is -2.44. The van der Waals surface area contributed by atoms with Crippen LogP contribution in [-0.4, -0.2) is 81.8 Å². The number of nitrogens with one attached hydrogen (secondary N) is 3. The van der Waals surface area contributed by atoms with Gasteiger partial charge in [-0.25, -0.2) is 4.39 Å².